The molecular formula is C15H28N4. The lowest BCUT2D eigenvalue weighted by Gasteiger charge is -2.26. The van der Waals surface area contributed by atoms with Crippen LogP contribution in [0.15, 0.2) is 18.5 Å². The number of aromatic nitrogens is 1. The predicted octanol–water partition coefficient (Wildman–Crippen LogP) is 2.68. The average molecular weight is 264 g/mol. The molecule has 1 N–H and O–H groups in total. The molecule has 0 saturated carbocycles. The van der Waals surface area contributed by atoms with Crippen molar-refractivity contribution in [3.8, 4) is 0 Å². The summed E-state index contributed by atoms with van der Waals surface area (Å²) in [6.07, 6.45) is 6.14. The van der Waals surface area contributed by atoms with Crippen LogP contribution >= 0.6 is 0 Å². The van der Waals surface area contributed by atoms with Gasteiger partial charge in [0.25, 0.3) is 0 Å². The molecule has 0 aliphatic carbocycles. The number of pyridine rings is 1. The maximum absolute atomic E-state index is 4.35. The molecule has 0 spiro atoms. The first kappa shape index (κ1) is 15.8. The molecule has 4 heteroatoms. The molecule has 1 aromatic rings. The summed E-state index contributed by atoms with van der Waals surface area (Å²) in [6.45, 7) is 8.57. The van der Waals surface area contributed by atoms with Crippen molar-refractivity contribution in [2.45, 2.75) is 26.7 Å². The van der Waals surface area contributed by atoms with Crippen LogP contribution < -0.4 is 10.2 Å². The van der Waals surface area contributed by atoms with Gasteiger partial charge < -0.3 is 15.1 Å². The molecule has 0 aromatic carbocycles. The lowest BCUT2D eigenvalue weighted by Crippen LogP contribution is -2.32. The molecule has 0 amide bonds. The second-order valence-corrected chi connectivity index (χ2v) is 5.15. The summed E-state index contributed by atoms with van der Waals surface area (Å²) in [5, 5.41) is 3.40. The number of anilines is 2. The highest BCUT2D eigenvalue weighted by molar-refractivity contribution is 5.55. The van der Waals surface area contributed by atoms with Gasteiger partial charge in [-0.05, 0) is 33.0 Å². The van der Waals surface area contributed by atoms with Gasteiger partial charge in [-0.25, -0.2) is 0 Å². The van der Waals surface area contributed by atoms with E-state index in [1.165, 1.54) is 5.69 Å². The molecule has 0 bridgehead atoms. The Labute approximate surface area is 117 Å². The van der Waals surface area contributed by atoms with Crippen molar-refractivity contribution in [1.82, 2.24) is 9.88 Å². The molecule has 1 rings (SSSR count). The Bertz CT molecular complexity index is 352. The first-order valence-electron chi connectivity index (χ1n) is 7.26. The highest BCUT2D eigenvalue weighted by atomic mass is 15.2. The SMILES string of the molecule is CCCNc1cncc(N(CCC)CCN(C)C)c1. The van der Waals surface area contributed by atoms with Gasteiger partial charge in [-0.1, -0.05) is 13.8 Å². The Morgan fingerprint density at radius 2 is 1.84 bits per heavy atom. The first-order chi connectivity index (χ1) is 9.17. The third-order valence-corrected chi connectivity index (χ3v) is 2.98. The van der Waals surface area contributed by atoms with E-state index in [1.54, 1.807) is 0 Å². The molecule has 0 aliphatic heterocycles. The van der Waals surface area contributed by atoms with Crippen molar-refractivity contribution in [3.63, 3.8) is 0 Å². The van der Waals surface area contributed by atoms with E-state index in [-0.39, 0.29) is 0 Å². The van der Waals surface area contributed by atoms with Crippen molar-refractivity contribution in [1.29, 1.82) is 0 Å². The number of rotatable bonds is 9. The molecule has 108 valence electrons. The standard InChI is InChI=1S/C15H28N4/c1-5-7-17-14-11-15(13-16-12-14)19(8-6-2)10-9-18(3)4/h11-13,17H,5-10H2,1-4H3. The largest absolute Gasteiger partial charge is 0.384 e. The summed E-state index contributed by atoms with van der Waals surface area (Å²) in [5.74, 6) is 0. The van der Waals surface area contributed by atoms with Gasteiger partial charge in [0.1, 0.15) is 0 Å². The van der Waals surface area contributed by atoms with E-state index in [9.17, 15) is 0 Å². The van der Waals surface area contributed by atoms with Gasteiger partial charge in [-0.2, -0.15) is 0 Å². The minimum absolute atomic E-state index is 0.997. The first-order valence-corrected chi connectivity index (χ1v) is 7.26. The number of likely N-dealkylation sites (N-methyl/N-ethyl adjacent to an activating group) is 1. The second kappa shape index (κ2) is 8.75. The van der Waals surface area contributed by atoms with Crippen LogP contribution in [0.4, 0.5) is 11.4 Å². The number of hydrogen-bond acceptors (Lipinski definition) is 4. The van der Waals surface area contributed by atoms with Crippen molar-refractivity contribution in [2.75, 3.05) is 50.5 Å². The van der Waals surface area contributed by atoms with E-state index < -0.39 is 0 Å². The van der Waals surface area contributed by atoms with E-state index in [0.717, 1.165) is 44.7 Å². The van der Waals surface area contributed by atoms with Crippen LogP contribution in [0.1, 0.15) is 26.7 Å². The second-order valence-electron chi connectivity index (χ2n) is 5.15. The third kappa shape index (κ3) is 5.92. The average Bonchev–Trinajstić information content (AvgIpc) is 2.41. The molecule has 0 saturated heterocycles. The summed E-state index contributed by atoms with van der Waals surface area (Å²) in [7, 11) is 4.23. The highest BCUT2D eigenvalue weighted by Gasteiger charge is 2.07. The lowest BCUT2D eigenvalue weighted by atomic mass is 10.3. The molecule has 1 aromatic heterocycles. The zero-order valence-corrected chi connectivity index (χ0v) is 12.8. The summed E-state index contributed by atoms with van der Waals surface area (Å²) in [5.41, 5.74) is 2.33. The summed E-state index contributed by atoms with van der Waals surface area (Å²) in [6, 6.07) is 2.20. The smallest absolute Gasteiger partial charge is 0.0573 e. The molecule has 0 atom stereocenters. The predicted molar refractivity (Wildman–Crippen MR) is 84.1 cm³/mol. The van der Waals surface area contributed by atoms with Crippen LogP contribution in [-0.4, -0.2) is 50.2 Å². The van der Waals surface area contributed by atoms with E-state index in [1.807, 2.05) is 12.4 Å². The van der Waals surface area contributed by atoms with Crippen LogP contribution in [0.5, 0.6) is 0 Å². The molecule has 0 radical (unpaired) electrons. The van der Waals surface area contributed by atoms with Crippen LogP contribution in [0, 0.1) is 0 Å². The number of nitrogens with one attached hydrogen (secondary N) is 1. The summed E-state index contributed by atoms with van der Waals surface area (Å²) in [4.78, 5) is 8.97. The third-order valence-electron chi connectivity index (χ3n) is 2.98. The van der Waals surface area contributed by atoms with Crippen molar-refractivity contribution in [3.05, 3.63) is 18.5 Å². The van der Waals surface area contributed by atoms with Crippen molar-refractivity contribution >= 4 is 11.4 Å². The van der Waals surface area contributed by atoms with Crippen LogP contribution in [0.2, 0.25) is 0 Å². The maximum Gasteiger partial charge on any atom is 0.0573 e. The van der Waals surface area contributed by atoms with Crippen LogP contribution in [-0.2, 0) is 0 Å². The Morgan fingerprint density at radius 3 is 2.47 bits per heavy atom. The molecule has 0 unspecified atom stereocenters. The van der Waals surface area contributed by atoms with Crippen molar-refractivity contribution in [2.24, 2.45) is 0 Å². The number of nitrogens with zero attached hydrogens (tertiary/aromatic N) is 3. The normalized spacial score (nSPS) is 10.8. The lowest BCUT2D eigenvalue weighted by molar-refractivity contribution is 0.413. The van der Waals surface area contributed by atoms with Gasteiger partial charge in [-0.15, -0.1) is 0 Å². The van der Waals surface area contributed by atoms with Gasteiger partial charge in [-0.3, -0.25) is 4.98 Å². The molecular weight excluding hydrogens is 236 g/mol. The minimum Gasteiger partial charge on any atom is -0.384 e. The monoisotopic (exact) mass is 264 g/mol. The van der Waals surface area contributed by atoms with Gasteiger partial charge in [0, 0.05) is 26.2 Å². The fourth-order valence-corrected chi connectivity index (χ4v) is 1.93. The maximum atomic E-state index is 4.35. The fraction of sp³-hybridized carbons (Fsp3) is 0.667. The van der Waals surface area contributed by atoms with Gasteiger partial charge >= 0.3 is 0 Å². The van der Waals surface area contributed by atoms with Gasteiger partial charge in [0.2, 0.25) is 0 Å². The molecule has 4 nitrogen and oxygen atoms in total. The van der Waals surface area contributed by atoms with E-state index in [0.29, 0.717) is 0 Å². The highest BCUT2D eigenvalue weighted by Crippen LogP contribution is 2.18. The van der Waals surface area contributed by atoms with E-state index >= 15 is 0 Å². The Balaban J connectivity index is 2.71. The Hall–Kier alpha value is -1.29. The minimum atomic E-state index is 0.997. The Kier molecular flexibility index (Phi) is 7.26. The zero-order valence-electron chi connectivity index (χ0n) is 12.8. The Morgan fingerprint density at radius 1 is 1.05 bits per heavy atom. The molecule has 0 aliphatic rings. The number of hydrogen-bond donors (Lipinski definition) is 1. The molecule has 1 heterocycles. The van der Waals surface area contributed by atoms with E-state index in [2.05, 4.69) is 54.1 Å². The topological polar surface area (TPSA) is 31.4 Å². The van der Waals surface area contributed by atoms with E-state index in [4.69, 9.17) is 0 Å². The molecule has 19 heavy (non-hydrogen) atoms. The van der Waals surface area contributed by atoms with Gasteiger partial charge in [0.15, 0.2) is 0 Å². The van der Waals surface area contributed by atoms with Crippen molar-refractivity contribution < 1.29 is 0 Å². The fourth-order valence-electron chi connectivity index (χ4n) is 1.93. The van der Waals surface area contributed by atoms with Crippen LogP contribution in [0.25, 0.3) is 0 Å². The summed E-state index contributed by atoms with van der Waals surface area (Å²) < 4.78 is 0. The van der Waals surface area contributed by atoms with Crippen LogP contribution in [0.3, 0.4) is 0 Å². The quantitative estimate of drug-likeness (QED) is 0.743. The zero-order chi connectivity index (χ0) is 14.1. The van der Waals surface area contributed by atoms with Gasteiger partial charge in [0.05, 0.1) is 23.8 Å². The summed E-state index contributed by atoms with van der Waals surface area (Å²) >= 11 is 0. The molecule has 0 fully saturated rings.